The molecule has 5 nitrogen and oxygen atoms in total. The van der Waals surface area contributed by atoms with Crippen LogP contribution in [0.2, 0.25) is 0 Å². The van der Waals surface area contributed by atoms with Gasteiger partial charge in [-0.2, -0.15) is 0 Å². The van der Waals surface area contributed by atoms with Crippen molar-refractivity contribution in [1.29, 1.82) is 0 Å². The van der Waals surface area contributed by atoms with Gasteiger partial charge in [0.1, 0.15) is 15.6 Å². The van der Waals surface area contributed by atoms with Gasteiger partial charge in [0.15, 0.2) is 0 Å². The van der Waals surface area contributed by atoms with E-state index in [0.717, 1.165) is 35.0 Å². The van der Waals surface area contributed by atoms with Crippen molar-refractivity contribution < 1.29 is 9.53 Å². The molecule has 0 radical (unpaired) electrons. The number of ether oxygens (including phenoxy) is 1. The highest BCUT2D eigenvalue weighted by Crippen LogP contribution is 2.29. The minimum Gasteiger partial charge on any atom is -0.494 e. The number of carbonyl (C=O) groups is 1. The molecule has 1 atom stereocenters. The van der Waals surface area contributed by atoms with E-state index in [1.165, 1.54) is 17.8 Å². The first-order chi connectivity index (χ1) is 11.7. The predicted molar refractivity (Wildman–Crippen MR) is 111 cm³/mol. The van der Waals surface area contributed by atoms with Gasteiger partial charge in [-0.25, -0.2) is 4.98 Å². The van der Waals surface area contributed by atoms with Gasteiger partial charge in [-0.3, -0.25) is 4.79 Å². The van der Waals surface area contributed by atoms with Crippen molar-refractivity contribution in [1.82, 2.24) is 15.6 Å². The summed E-state index contributed by atoms with van der Waals surface area (Å²) < 4.78 is 5.46. The van der Waals surface area contributed by atoms with E-state index < -0.39 is 0 Å². The largest absolute Gasteiger partial charge is 0.494 e. The third-order valence-corrected chi connectivity index (χ3v) is 5.29. The molecule has 2 aromatic rings. The van der Waals surface area contributed by atoms with E-state index >= 15 is 0 Å². The van der Waals surface area contributed by atoms with Crippen molar-refractivity contribution in [2.75, 3.05) is 19.7 Å². The fourth-order valence-electron chi connectivity index (χ4n) is 2.82. The molecule has 0 spiro atoms. The molecule has 2 heterocycles. The second kappa shape index (κ2) is 10.7. The van der Waals surface area contributed by atoms with Crippen LogP contribution in [0.4, 0.5) is 0 Å². The Labute approximate surface area is 170 Å². The lowest BCUT2D eigenvalue weighted by Gasteiger charge is -2.10. The number of benzene rings is 1. The normalized spacial score (nSPS) is 15.7. The molecular weight excluding hydrogens is 393 g/mol. The molecule has 1 aromatic heterocycles. The molecule has 144 valence electrons. The van der Waals surface area contributed by atoms with Gasteiger partial charge in [0.05, 0.1) is 12.3 Å². The summed E-state index contributed by atoms with van der Waals surface area (Å²) in [5.41, 5.74) is 1.78. The van der Waals surface area contributed by atoms with Crippen LogP contribution in [0.5, 0.6) is 5.75 Å². The lowest BCUT2D eigenvalue weighted by Crippen LogP contribution is -2.37. The van der Waals surface area contributed by atoms with Crippen LogP contribution in [0.1, 0.15) is 35.1 Å². The molecular formula is C18H25Cl2N3O2S. The van der Waals surface area contributed by atoms with Gasteiger partial charge in [-0.15, -0.1) is 36.2 Å². The molecule has 1 aliphatic heterocycles. The molecule has 0 bridgehead atoms. The molecule has 1 fully saturated rings. The number of rotatable bonds is 6. The second-order valence-corrected chi connectivity index (χ2v) is 6.89. The fraction of sp³-hybridized carbons (Fsp3) is 0.444. The van der Waals surface area contributed by atoms with Crippen molar-refractivity contribution in [2.45, 2.75) is 32.7 Å². The van der Waals surface area contributed by atoms with Crippen LogP contribution in [-0.2, 0) is 0 Å². The van der Waals surface area contributed by atoms with Crippen LogP contribution >= 0.6 is 36.2 Å². The van der Waals surface area contributed by atoms with Crippen LogP contribution in [0.25, 0.3) is 10.6 Å². The van der Waals surface area contributed by atoms with E-state index in [4.69, 9.17) is 4.74 Å². The summed E-state index contributed by atoms with van der Waals surface area (Å²) in [5, 5.41) is 7.27. The molecule has 0 saturated carbocycles. The lowest BCUT2D eigenvalue weighted by molar-refractivity contribution is 0.0953. The first kappa shape index (κ1) is 22.7. The number of amides is 1. The van der Waals surface area contributed by atoms with Crippen LogP contribution in [-0.4, -0.2) is 36.6 Å². The first-order valence-electron chi connectivity index (χ1n) is 8.39. The van der Waals surface area contributed by atoms with E-state index in [1.54, 1.807) is 0 Å². The predicted octanol–water partition coefficient (Wildman–Crippen LogP) is 3.84. The van der Waals surface area contributed by atoms with Crippen molar-refractivity contribution >= 4 is 42.1 Å². The summed E-state index contributed by atoms with van der Waals surface area (Å²) in [6.45, 7) is 6.22. The van der Waals surface area contributed by atoms with Crippen molar-refractivity contribution in [2.24, 2.45) is 0 Å². The Morgan fingerprint density at radius 3 is 2.69 bits per heavy atom. The minimum absolute atomic E-state index is 0. The molecule has 8 heteroatoms. The second-order valence-electron chi connectivity index (χ2n) is 5.89. The van der Waals surface area contributed by atoms with Gasteiger partial charge in [-0.05, 0) is 57.5 Å². The first-order valence-corrected chi connectivity index (χ1v) is 9.21. The van der Waals surface area contributed by atoms with Crippen molar-refractivity contribution in [3.05, 3.63) is 34.8 Å². The average molecular weight is 418 g/mol. The summed E-state index contributed by atoms with van der Waals surface area (Å²) >= 11 is 1.44. The Kier molecular flexibility index (Phi) is 9.36. The third kappa shape index (κ3) is 5.58. The smallest absolute Gasteiger partial charge is 0.263 e. The van der Waals surface area contributed by atoms with Crippen LogP contribution in [0.3, 0.4) is 0 Å². The topological polar surface area (TPSA) is 63.2 Å². The van der Waals surface area contributed by atoms with E-state index in [0.29, 0.717) is 24.1 Å². The number of carbonyl (C=O) groups excluding carboxylic acids is 1. The van der Waals surface area contributed by atoms with E-state index in [1.807, 2.05) is 38.1 Å². The average Bonchev–Trinajstić information content (AvgIpc) is 3.23. The summed E-state index contributed by atoms with van der Waals surface area (Å²) in [4.78, 5) is 17.7. The summed E-state index contributed by atoms with van der Waals surface area (Å²) in [7, 11) is 0. The van der Waals surface area contributed by atoms with E-state index in [2.05, 4.69) is 15.6 Å². The molecule has 2 N–H and O–H groups in total. The Balaban J connectivity index is 0.00000169. The van der Waals surface area contributed by atoms with Gasteiger partial charge in [0.25, 0.3) is 5.91 Å². The zero-order valence-corrected chi connectivity index (χ0v) is 17.4. The quantitative estimate of drug-likeness (QED) is 0.748. The SMILES string of the molecule is CCOc1ccc(-c2nc(C)c(C(=O)NCC3CCCN3)s2)cc1.Cl.Cl. The molecule has 3 rings (SSSR count). The molecule has 1 amide bonds. The summed E-state index contributed by atoms with van der Waals surface area (Å²) in [5.74, 6) is 0.812. The van der Waals surface area contributed by atoms with Gasteiger partial charge in [0.2, 0.25) is 0 Å². The number of aromatic nitrogens is 1. The highest BCUT2D eigenvalue weighted by molar-refractivity contribution is 7.17. The maximum absolute atomic E-state index is 12.4. The number of nitrogens with zero attached hydrogens (tertiary/aromatic N) is 1. The molecule has 1 unspecified atom stereocenters. The number of hydrogen-bond acceptors (Lipinski definition) is 5. The van der Waals surface area contributed by atoms with Crippen molar-refractivity contribution in [3.8, 4) is 16.3 Å². The summed E-state index contributed by atoms with van der Waals surface area (Å²) in [6.07, 6.45) is 2.31. The molecule has 0 aliphatic carbocycles. The maximum Gasteiger partial charge on any atom is 0.263 e. The molecule has 1 aliphatic rings. The Morgan fingerprint density at radius 1 is 1.35 bits per heavy atom. The molecule has 26 heavy (non-hydrogen) atoms. The highest BCUT2D eigenvalue weighted by atomic mass is 35.5. The van der Waals surface area contributed by atoms with Crippen LogP contribution in [0.15, 0.2) is 24.3 Å². The third-order valence-electron chi connectivity index (χ3n) is 4.09. The highest BCUT2D eigenvalue weighted by Gasteiger charge is 2.19. The van der Waals surface area contributed by atoms with E-state index in [9.17, 15) is 4.79 Å². The van der Waals surface area contributed by atoms with Gasteiger partial charge in [0, 0.05) is 18.2 Å². The number of aryl methyl sites for hydroxylation is 1. The van der Waals surface area contributed by atoms with Crippen LogP contribution < -0.4 is 15.4 Å². The standard InChI is InChI=1S/C18H23N3O2S.2ClH/c1-3-23-15-8-6-13(7-9-15)18-21-12(2)16(24-18)17(22)20-11-14-5-4-10-19-14;;/h6-9,14,19H,3-5,10-11H2,1-2H3,(H,20,22);2*1H. The zero-order valence-electron chi connectivity index (χ0n) is 14.9. The van der Waals surface area contributed by atoms with E-state index in [-0.39, 0.29) is 30.7 Å². The molecule has 1 saturated heterocycles. The minimum atomic E-state index is -0.0316. The Morgan fingerprint density at radius 2 is 2.08 bits per heavy atom. The van der Waals surface area contributed by atoms with Gasteiger partial charge >= 0.3 is 0 Å². The number of halogens is 2. The zero-order chi connectivity index (χ0) is 16.9. The maximum atomic E-state index is 12.4. The van der Waals surface area contributed by atoms with Gasteiger partial charge in [-0.1, -0.05) is 0 Å². The summed E-state index contributed by atoms with van der Waals surface area (Å²) in [6, 6.07) is 8.22. The van der Waals surface area contributed by atoms with Crippen LogP contribution in [0, 0.1) is 6.92 Å². The van der Waals surface area contributed by atoms with Crippen molar-refractivity contribution in [3.63, 3.8) is 0 Å². The fourth-order valence-corrected chi connectivity index (χ4v) is 3.81. The number of nitrogens with one attached hydrogen (secondary N) is 2. The number of hydrogen-bond donors (Lipinski definition) is 2. The van der Waals surface area contributed by atoms with Gasteiger partial charge < -0.3 is 15.4 Å². The Bertz CT molecular complexity index is 701. The Hall–Kier alpha value is -1.34. The number of thiazole rings is 1. The monoisotopic (exact) mass is 417 g/mol. The lowest BCUT2D eigenvalue weighted by atomic mass is 10.2. The molecule has 1 aromatic carbocycles.